The van der Waals surface area contributed by atoms with Crippen molar-refractivity contribution in [3.05, 3.63) is 34.4 Å². The third kappa shape index (κ3) is 4.59. The fourth-order valence-corrected chi connectivity index (χ4v) is 4.47. The smallest absolute Gasteiger partial charge is 0.322 e. The lowest BCUT2D eigenvalue weighted by atomic mass is 9.95. The number of amides is 5. The molecule has 0 bridgehead atoms. The van der Waals surface area contributed by atoms with Crippen LogP contribution in [0.4, 0.5) is 9.18 Å². The van der Waals surface area contributed by atoms with Crippen LogP contribution >= 0.6 is 15.9 Å². The van der Waals surface area contributed by atoms with E-state index in [0.29, 0.717) is 23.1 Å². The molecule has 5 amide bonds. The monoisotopic (exact) mass is 508 g/mol. The Labute approximate surface area is 191 Å². The van der Waals surface area contributed by atoms with Gasteiger partial charge < -0.3 is 15.5 Å². The molecule has 0 radical (unpaired) electrons. The third-order valence-corrected chi connectivity index (χ3v) is 6.03. The largest absolute Gasteiger partial charge is 0.352 e. The zero-order valence-electron chi connectivity index (χ0n) is 17.2. The summed E-state index contributed by atoms with van der Waals surface area (Å²) in [5.41, 5.74) is 0.0669. The van der Waals surface area contributed by atoms with Gasteiger partial charge in [0.15, 0.2) is 5.69 Å². The van der Waals surface area contributed by atoms with E-state index < -0.39 is 29.8 Å². The van der Waals surface area contributed by atoms with E-state index >= 15 is 0 Å². The summed E-state index contributed by atoms with van der Waals surface area (Å²) < 4.78 is 16.7. The lowest BCUT2D eigenvalue weighted by Crippen LogP contribution is -2.52. The van der Waals surface area contributed by atoms with Crippen molar-refractivity contribution in [2.75, 3.05) is 13.1 Å². The summed E-state index contributed by atoms with van der Waals surface area (Å²) in [7, 11) is 0. The summed E-state index contributed by atoms with van der Waals surface area (Å²) in [6.07, 6.45) is 2.39. The zero-order valence-corrected chi connectivity index (χ0v) is 18.8. The van der Waals surface area contributed by atoms with Crippen LogP contribution in [0.1, 0.15) is 36.7 Å². The molecule has 0 saturated carbocycles. The summed E-state index contributed by atoms with van der Waals surface area (Å²) in [4.78, 5) is 53.8. The number of carbonyl (C=O) groups is 4. The van der Waals surface area contributed by atoms with Gasteiger partial charge in [-0.2, -0.15) is 4.39 Å². The predicted molar refractivity (Wildman–Crippen MR) is 114 cm³/mol. The van der Waals surface area contributed by atoms with Gasteiger partial charge in [0.2, 0.25) is 11.9 Å². The topological polar surface area (TPSA) is 125 Å². The number of nitrogens with zero attached hydrogens (tertiary/aromatic N) is 3. The number of rotatable bonds is 5. The summed E-state index contributed by atoms with van der Waals surface area (Å²) in [5.74, 6) is -1.91. The highest BCUT2D eigenvalue weighted by Crippen LogP contribution is 2.22. The van der Waals surface area contributed by atoms with Gasteiger partial charge in [-0.3, -0.25) is 24.1 Å². The van der Waals surface area contributed by atoms with Gasteiger partial charge in [0.1, 0.15) is 11.7 Å². The molecule has 4 heterocycles. The van der Waals surface area contributed by atoms with Crippen LogP contribution in [0.15, 0.2) is 22.8 Å². The lowest BCUT2D eigenvalue weighted by Gasteiger charge is -2.36. The van der Waals surface area contributed by atoms with Crippen molar-refractivity contribution >= 4 is 45.3 Å². The molecule has 2 saturated heterocycles. The van der Waals surface area contributed by atoms with Crippen LogP contribution in [0.25, 0.3) is 5.65 Å². The fourth-order valence-electron chi connectivity index (χ4n) is 4.14. The Morgan fingerprint density at radius 2 is 2.09 bits per heavy atom. The van der Waals surface area contributed by atoms with Crippen molar-refractivity contribution in [3.63, 3.8) is 0 Å². The number of hydrogen-bond donors (Lipinski definition) is 3. The predicted octanol–water partition coefficient (Wildman–Crippen LogP) is 1.19. The van der Waals surface area contributed by atoms with E-state index in [1.165, 1.54) is 15.5 Å². The maximum atomic E-state index is 14.8. The molecule has 12 heteroatoms. The molecule has 3 unspecified atom stereocenters. The number of aromatic nitrogens is 2. The van der Waals surface area contributed by atoms with E-state index in [1.807, 2.05) is 6.92 Å². The summed E-state index contributed by atoms with van der Waals surface area (Å²) >= 11 is 3.27. The molecule has 170 valence electrons. The van der Waals surface area contributed by atoms with Crippen LogP contribution in [-0.4, -0.2) is 63.2 Å². The highest BCUT2D eigenvalue weighted by molar-refractivity contribution is 9.10. The number of imidazole rings is 1. The molecular formula is C20H22BrFN6O4. The molecule has 0 aliphatic carbocycles. The molecule has 10 nitrogen and oxygen atoms in total. The van der Waals surface area contributed by atoms with Gasteiger partial charge in [0.25, 0.3) is 11.8 Å². The molecule has 3 N–H and O–H groups in total. The van der Waals surface area contributed by atoms with Gasteiger partial charge in [0.05, 0.1) is 0 Å². The SMILES string of the molecule is CC1CC(NC(=O)CCC2NC(=O)NC2=O)CN(C(=O)c2nc3ccc(Br)cn3c2F)C1. The first kappa shape index (κ1) is 22.2. The molecular weight excluding hydrogens is 487 g/mol. The number of halogens is 2. The molecule has 0 aromatic carbocycles. The van der Waals surface area contributed by atoms with Crippen molar-refractivity contribution < 1.29 is 23.6 Å². The number of urea groups is 1. The van der Waals surface area contributed by atoms with Crippen molar-refractivity contribution in [1.82, 2.24) is 30.2 Å². The van der Waals surface area contributed by atoms with Gasteiger partial charge in [-0.05, 0) is 46.8 Å². The minimum absolute atomic E-state index is 0.0487. The van der Waals surface area contributed by atoms with Crippen molar-refractivity contribution in [2.45, 2.75) is 38.3 Å². The number of fused-ring (bicyclic) bond motifs is 1. The van der Waals surface area contributed by atoms with Crippen LogP contribution in [0, 0.1) is 11.9 Å². The van der Waals surface area contributed by atoms with Gasteiger partial charge in [0, 0.05) is 36.2 Å². The molecule has 3 atom stereocenters. The van der Waals surface area contributed by atoms with E-state index in [0.717, 1.165) is 0 Å². The van der Waals surface area contributed by atoms with E-state index in [-0.39, 0.29) is 42.9 Å². The van der Waals surface area contributed by atoms with Crippen LogP contribution < -0.4 is 16.0 Å². The van der Waals surface area contributed by atoms with E-state index in [1.54, 1.807) is 12.1 Å². The lowest BCUT2D eigenvalue weighted by molar-refractivity contribution is -0.123. The maximum Gasteiger partial charge on any atom is 0.322 e. The first-order chi connectivity index (χ1) is 15.2. The average molecular weight is 509 g/mol. The van der Waals surface area contributed by atoms with Crippen molar-refractivity contribution in [1.29, 1.82) is 0 Å². The number of imide groups is 1. The maximum absolute atomic E-state index is 14.8. The molecule has 32 heavy (non-hydrogen) atoms. The van der Waals surface area contributed by atoms with Crippen molar-refractivity contribution in [2.24, 2.45) is 5.92 Å². The van der Waals surface area contributed by atoms with Gasteiger partial charge in [-0.15, -0.1) is 0 Å². The Morgan fingerprint density at radius 1 is 1.31 bits per heavy atom. The van der Waals surface area contributed by atoms with Gasteiger partial charge >= 0.3 is 6.03 Å². The molecule has 2 aliphatic rings. The first-order valence-electron chi connectivity index (χ1n) is 10.2. The number of hydrogen-bond acceptors (Lipinski definition) is 5. The van der Waals surface area contributed by atoms with Crippen LogP contribution in [0.3, 0.4) is 0 Å². The summed E-state index contributed by atoms with van der Waals surface area (Å²) in [5, 5.41) is 7.45. The zero-order chi connectivity index (χ0) is 23.0. The Hall–Kier alpha value is -3.02. The second-order valence-electron chi connectivity index (χ2n) is 8.20. The Balaban J connectivity index is 1.39. The normalized spacial score (nSPS) is 23.2. The summed E-state index contributed by atoms with van der Waals surface area (Å²) in [6.45, 7) is 2.61. The standard InChI is InChI=1S/C20H22BrFN6O4/c1-10-6-12(23-15(29)5-3-13-18(30)26-20(32)24-13)9-27(7-10)19(31)16-17(22)28-8-11(21)2-4-14(28)25-16/h2,4,8,10,12-13H,3,5-7,9H2,1H3,(H,23,29)(H2,24,26,30,32). The highest BCUT2D eigenvalue weighted by Gasteiger charge is 2.33. The van der Waals surface area contributed by atoms with Crippen LogP contribution in [0.5, 0.6) is 0 Å². The molecule has 2 aromatic heterocycles. The second-order valence-corrected chi connectivity index (χ2v) is 9.11. The number of likely N-dealkylation sites (tertiary alicyclic amines) is 1. The molecule has 0 spiro atoms. The molecule has 2 fully saturated rings. The van der Waals surface area contributed by atoms with E-state index in [2.05, 4.69) is 36.9 Å². The average Bonchev–Trinajstić information content (AvgIpc) is 3.23. The van der Waals surface area contributed by atoms with Crippen LogP contribution in [-0.2, 0) is 9.59 Å². The Kier molecular flexibility index (Phi) is 6.13. The third-order valence-electron chi connectivity index (χ3n) is 5.56. The molecule has 2 aliphatic heterocycles. The minimum atomic E-state index is -0.734. The number of nitrogens with one attached hydrogen (secondary N) is 3. The minimum Gasteiger partial charge on any atom is -0.352 e. The van der Waals surface area contributed by atoms with Gasteiger partial charge in [-0.25, -0.2) is 9.78 Å². The number of pyridine rings is 1. The number of piperidine rings is 1. The van der Waals surface area contributed by atoms with E-state index in [4.69, 9.17) is 0 Å². The van der Waals surface area contributed by atoms with E-state index in [9.17, 15) is 23.6 Å². The Morgan fingerprint density at radius 3 is 2.81 bits per heavy atom. The molecule has 4 rings (SSSR count). The van der Waals surface area contributed by atoms with Crippen molar-refractivity contribution in [3.8, 4) is 0 Å². The molecule has 2 aromatic rings. The van der Waals surface area contributed by atoms with Crippen LogP contribution in [0.2, 0.25) is 0 Å². The Bertz CT molecular complexity index is 1110. The fraction of sp³-hybridized carbons (Fsp3) is 0.450. The quantitative estimate of drug-likeness (QED) is 0.523. The highest BCUT2D eigenvalue weighted by atomic mass is 79.9. The van der Waals surface area contributed by atoms with Gasteiger partial charge in [-0.1, -0.05) is 6.92 Å². The first-order valence-corrected chi connectivity index (χ1v) is 11.0. The second kappa shape index (κ2) is 8.85. The summed E-state index contributed by atoms with van der Waals surface area (Å²) in [6, 6.07) is 1.72. The number of carbonyl (C=O) groups excluding carboxylic acids is 4.